The predicted octanol–water partition coefficient (Wildman–Crippen LogP) is 3.45. The number of halogens is 3. The Hall–Kier alpha value is -0.510. The zero-order valence-corrected chi connectivity index (χ0v) is 10.5. The molecule has 0 unspecified atom stereocenters. The molecule has 0 radical (unpaired) electrons. The smallest absolute Gasteiger partial charge is 0.142 e. The fourth-order valence-corrected chi connectivity index (χ4v) is 2.00. The van der Waals surface area contributed by atoms with Gasteiger partial charge in [0.1, 0.15) is 5.75 Å². The standard InChI is InChI=1S/C11H14Cl2FNO/c1-16-11-8(7-15-4-2-3-14)5-9(12)6-10(11)13/h5-6,15H,2-4,7H2,1H3. The molecule has 16 heavy (non-hydrogen) atoms. The first-order chi connectivity index (χ1) is 7.69. The van der Waals surface area contributed by atoms with Crippen LogP contribution >= 0.6 is 23.2 Å². The van der Waals surface area contributed by atoms with Gasteiger partial charge in [0, 0.05) is 17.1 Å². The zero-order chi connectivity index (χ0) is 12.0. The van der Waals surface area contributed by atoms with Gasteiger partial charge >= 0.3 is 0 Å². The SMILES string of the molecule is COc1c(Cl)cc(Cl)cc1CNCCCF. The molecule has 0 aromatic heterocycles. The third kappa shape index (κ3) is 3.81. The molecule has 0 saturated carbocycles. The molecule has 2 nitrogen and oxygen atoms in total. The van der Waals surface area contributed by atoms with Gasteiger partial charge in [-0.3, -0.25) is 4.39 Å². The van der Waals surface area contributed by atoms with Gasteiger partial charge < -0.3 is 10.1 Å². The summed E-state index contributed by atoms with van der Waals surface area (Å²) in [5.74, 6) is 0.610. The highest BCUT2D eigenvalue weighted by Crippen LogP contribution is 2.31. The molecule has 0 atom stereocenters. The van der Waals surface area contributed by atoms with E-state index in [-0.39, 0.29) is 6.67 Å². The molecular formula is C11H14Cl2FNO. The number of methoxy groups -OCH3 is 1. The van der Waals surface area contributed by atoms with Crippen LogP contribution in [0.3, 0.4) is 0 Å². The summed E-state index contributed by atoms with van der Waals surface area (Å²) < 4.78 is 17.1. The number of nitrogens with one attached hydrogen (secondary N) is 1. The van der Waals surface area contributed by atoms with Crippen LogP contribution in [0.1, 0.15) is 12.0 Å². The van der Waals surface area contributed by atoms with E-state index in [9.17, 15) is 4.39 Å². The highest BCUT2D eigenvalue weighted by atomic mass is 35.5. The van der Waals surface area contributed by atoms with E-state index in [1.807, 2.05) is 0 Å². The van der Waals surface area contributed by atoms with Crippen molar-refractivity contribution in [1.29, 1.82) is 0 Å². The van der Waals surface area contributed by atoms with Crippen molar-refractivity contribution in [3.8, 4) is 5.75 Å². The van der Waals surface area contributed by atoms with Crippen LogP contribution in [-0.4, -0.2) is 20.3 Å². The lowest BCUT2D eigenvalue weighted by Crippen LogP contribution is -2.15. The maximum absolute atomic E-state index is 11.9. The Morgan fingerprint density at radius 3 is 2.75 bits per heavy atom. The minimum Gasteiger partial charge on any atom is -0.495 e. The van der Waals surface area contributed by atoms with Crippen molar-refractivity contribution in [2.45, 2.75) is 13.0 Å². The summed E-state index contributed by atoms with van der Waals surface area (Å²) >= 11 is 11.9. The number of hydrogen-bond acceptors (Lipinski definition) is 2. The number of alkyl halides is 1. The molecule has 5 heteroatoms. The summed E-state index contributed by atoms with van der Waals surface area (Å²) in [4.78, 5) is 0. The molecule has 1 rings (SSSR count). The molecule has 0 amide bonds. The molecule has 0 saturated heterocycles. The quantitative estimate of drug-likeness (QED) is 0.796. The Morgan fingerprint density at radius 1 is 1.38 bits per heavy atom. The average Bonchev–Trinajstić information content (AvgIpc) is 2.24. The summed E-state index contributed by atoms with van der Waals surface area (Å²) in [6.07, 6.45) is 0.497. The van der Waals surface area contributed by atoms with Crippen LogP contribution in [0.25, 0.3) is 0 Å². The summed E-state index contributed by atoms with van der Waals surface area (Å²) in [6, 6.07) is 3.42. The minimum atomic E-state index is -0.319. The van der Waals surface area contributed by atoms with Crippen LogP contribution in [-0.2, 0) is 6.54 Å². The fraction of sp³-hybridized carbons (Fsp3) is 0.455. The molecule has 0 aliphatic carbocycles. The van der Waals surface area contributed by atoms with Gasteiger partial charge in [-0.05, 0) is 25.1 Å². The van der Waals surface area contributed by atoms with Crippen molar-refractivity contribution in [2.24, 2.45) is 0 Å². The van der Waals surface area contributed by atoms with E-state index in [4.69, 9.17) is 27.9 Å². The van der Waals surface area contributed by atoms with Crippen molar-refractivity contribution in [3.63, 3.8) is 0 Å². The molecule has 1 aromatic rings. The van der Waals surface area contributed by atoms with E-state index in [1.165, 1.54) is 0 Å². The second-order valence-corrected chi connectivity index (χ2v) is 4.14. The van der Waals surface area contributed by atoms with E-state index in [2.05, 4.69) is 5.32 Å². The number of benzene rings is 1. The van der Waals surface area contributed by atoms with Crippen molar-refractivity contribution in [3.05, 3.63) is 27.7 Å². The second kappa shape index (κ2) is 6.94. The van der Waals surface area contributed by atoms with E-state index in [0.717, 1.165) is 5.56 Å². The highest BCUT2D eigenvalue weighted by molar-refractivity contribution is 6.35. The predicted molar refractivity (Wildman–Crippen MR) is 65.3 cm³/mol. The molecule has 90 valence electrons. The van der Waals surface area contributed by atoms with E-state index < -0.39 is 0 Å². The maximum atomic E-state index is 11.9. The largest absolute Gasteiger partial charge is 0.495 e. The van der Waals surface area contributed by atoms with Gasteiger partial charge in [-0.1, -0.05) is 23.2 Å². The summed E-state index contributed by atoms with van der Waals surface area (Å²) in [5.41, 5.74) is 0.874. The third-order valence-corrected chi connectivity index (χ3v) is 2.59. The van der Waals surface area contributed by atoms with E-state index >= 15 is 0 Å². The summed E-state index contributed by atoms with van der Waals surface area (Å²) in [6.45, 7) is 0.855. The average molecular weight is 266 g/mol. The normalized spacial score (nSPS) is 10.5. The van der Waals surface area contributed by atoms with Crippen LogP contribution in [0.5, 0.6) is 5.75 Å². The van der Waals surface area contributed by atoms with Crippen LogP contribution < -0.4 is 10.1 Å². The van der Waals surface area contributed by atoms with Crippen molar-refractivity contribution in [1.82, 2.24) is 5.32 Å². The first kappa shape index (κ1) is 13.6. The first-order valence-electron chi connectivity index (χ1n) is 4.97. The van der Waals surface area contributed by atoms with Gasteiger partial charge in [0.15, 0.2) is 0 Å². The lowest BCUT2D eigenvalue weighted by Gasteiger charge is -2.11. The highest BCUT2D eigenvalue weighted by Gasteiger charge is 2.09. The lowest BCUT2D eigenvalue weighted by atomic mass is 10.2. The Balaban J connectivity index is 2.69. The Bertz CT molecular complexity index is 347. The second-order valence-electron chi connectivity index (χ2n) is 3.30. The van der Waals surface area contributed by atoms with Gasteiger partial charge in [0.05, 0.1) is 18.8 Å². The van der Waals surface area contributed by atoms with E-state index in [0.29, 0.717) is 35.3 Å². The van der Waals surface area contributed by atoms with Crippen LogP contribution in [0.15, 0.2) is 12.1 Å². The Kier molecular flexibility index (Phi) is 5.88. The molecule has 0 heterocycles. The monoisotopic (exact) mass is 265 g/mol. The summed E-state index contributed by atoms with van der Waals surface area (Å²) in [5, 5.41) is 4.14. The first-order valence-corrected chi connectivity index (χ1v) is 5.73. The minimum absolute atomic E-state index is 0.319. The van der Waals surface area contributed by atoms with Gasteiger partial charge in [-0.25, -0.2) is 0 Å². The molecule has 1 aromatic carbocycles. The van der Waals surface area contributed by atoms with Crippen LogP contribution in [0, 0.1) is 0 Å². The van der Waals surface area contributed by atoms with Crippen molar-refractivity contribution < 1.29 is 9.13 Å². The van der Waals surface area contributed by atoms with Gasteiger partial charge in [0.25, 0.3) is 0 Å². The van der Waals surface area contributed by atoms with Crippen LogP contribution in [0.2, 0.25) is 10.0 Å². The van der Waals surface area contributed by atoms with Gasteiger partial charge in [-0.15, -0.1) is 0 Å². The van der Waals surface area contributed by atoms with Crippen molar-refractivity contribution >= 4 is 23.2 Å². The molecular weight excluding hydrogens is 252 g/mol. The Labute approximate surface area is 105 Å². The Morgan fingerprint density at radius 2 is 2.12 bits per heavy atom. The molecule has 0 spiro atoms. The third-order valence-electron chi connectivity index (χ3n) is 2.09. The van der Waals surface area contributed by atoms with E-state index in [1.54, 1.807) is 19.2 Å². The molecule has 1 N–H and O–H groups in total. The lowest BCUT2D eigenvalue weighted by molar-refractivity contribution is 0.406. The zero-order valence-electron chi connectivity index (χ0n) is 9.03. The number of rotatable bonds is 6. The van der Waals surface area contributed by atoms with Crippen LogP contribution in [0.4, 0.5) is 4.39 Å². The van der Waals surface area contributed by atoms with Gasteiger partial charge in [-0.2, -0.15) is 0 Å². The summed E-state index contributed by atoms with van der Waals surface area (Å²) in [7, 11) is 1.56. The molecule has 0 bridgehead atoms. The number of hydrogen-bond donors (Lipinski definition) is 1. The topological polar surface area (TPSA) is 21.3 Å². The molecule has 0 aliphatic rings. The fourth-order valence-electron chi connectivity index (χ4n) is 1.39. The maximum Gasteiger partial charge on any atom is 0.142 e. The molecule has 0 aliphatic heterocycles. The molecule has 0 fully saturated rings. The number of ether oxygens (including phenoxy) is 1. The van der Waals surface area contributed by atoms with Crippen molar-refractivity contribution in [2.75, 3.05) is 20.3 Å². The van der Waals surface area contributed by atoms with Gasteiger partial charge in [0.2, 0.25) is 0 Å².